The minimum Gasteiger partial charge on any atom is -0.354 e. The van der Waals surface area contributed by atoms with Crippen molar-refractivity contribution in [2.75, 3.05) is 19.6 Å². The largest absolute Gasteiger partial charge is 0.354 e. The Morgan fingerprint density at radius 1 is 1.36 bits per heavy atom. The van der Waals surface area contributed by atoms with Crippen LogP contribution in [0.2, 0.25) is 0 Å². The van der Waals surface area contributed by atoms with Gasteiger partial charge in [0, 0.05) is 19.1 Å². The molecule has 1 amide bonds. The van der Waals surface area contributed by atoms with Gasteiger partial charge in [-0.05, 0) is 12.8 Å². The van der Waals surface area contributed by atoms with Gasteiger partial charge in [0.1, 0.15) is 0 Å². The van der Waals surface area contributed by atoms with Gasteiger partial charge in [0.15, 0.2) is 0 Å². The molecule has 0 heterocycles. The Balaban J connectivity index is 3.37. The summed E-state index contributed by atoms with van der Waals surface area (Å²) in [6.45, 7) is 5.92. The third kappa shape index (κ3) is 6.86. The predicted octanol–water partition coefficient (Wildman–Crippen LogP) is 0.230. The molecule has 0 aromatic carbocycles. The molecule has 0 radical (unpaired) electrons. The molecule has 84 valence electrons. The molecule has 0 aliphatic heterocycles. The van der Waals surface area contributed by atoms with Crippen LogP contribution in [-0.4, -0.2) is 31.6 Å². The van der Waals surface area contributed by atoms with E-state index in [9.17, 15) is 4.79 Å². The van der Waals surface area contributed by atoms with Crippen LogP contribution in [0.15, 0.2) is 0 Å². The SMILES string of the molecule is CCCC(CC)NCCNC(=O)CN. The number of nitrogens with two attached hydrogens (primary N) is 1. The topological polar surface area (TPSA) is 67.1 Å². The summed E-state index contributed by atoms with van der Waals surface area (Å²) in [6.07, 6.45) is 3.53. The zero-order chi connectivity index (χ0) is 10.8. The summed E-state index contributed by atoms with van der Waals surface area (Å²) in [5.41, 5.74) is 5.16. The second-order valence-corrected chi connectivity index (χ2v) is 3.40. The summed E-state index contributed by atoms with van der Waals surface area (Å²) in [5.74, 6) is -0.0876. The lowest BCUT2D eigenvalue weighted by molar-refractivity contribution is -0.119. The van der Waals surface area contributed by atoms with Crippen molar-refractivity contribution in [2.24, 2.45) is 5.73 Å². The van der Waals surface area contributed by atoms with Crippen LogP contribution < -0.4 is 16.4 Å². The van der Waals surface area contributed by atoms with Crippen LogP contribution in [0, 0.1) is 0 Å². The van der Waals surface area contributed by atoms with Crippen molar-refractivity contribution in [1.82, 2.24) is 10.6 Å². The van der Waals surface area contributed by atoms with Gasteiger partial charge in [0.05, 0.1) is 6.54 Å². The average molecular weight is 201 g/mol. The van der Waals surface area contributed by atoms with E-state index >= 15 is 0 Å². The van der Waals surface area contributed by atoms with Gasteiger partial charge in [-0.25, -0.2) is 0 Å². The highest BCUT2D eigenvalue weighted by Gasteiger charge is 2.03. The molecule has 0 aliphatic rings. The quantitative estimate of drug-likeness (QED) is 0.492. The van der Waals surface area contributed by atoms with E-state index in [0.29, 0.717) is 12.6 Å². The standard InChI is InChI=1S/C10H23N3O/c1-3-5-9(4-2)12-6-7-13-10(14)8-11/h9,12H,3-8,11H2,1-2H3,(H,13,14). The molecule has 0 aromatic rings. The van der Waals surface area contributed by atoms with E-state index in [1.165, 1.54) is 12.8 Å². The Kier molecular flexibility index (Phi) is 8.57. The Bertz CT molecular complexity index is 150. The Morgan fingerprint density at radius 2 is 2.07 bits per heavy atom. The Morgan fingerprint density at radius 3 is 2.57 bits per heavy atom. The number of nitrogens with one attached hydrogen (secondary N) is 2. The van der Waals surface area contributed by atoms with Crippen molar-refractivity contribution < 1.29 is 4.79 Å². The second kappa shape index (κ2) is 8.97. The molecular formula is C10H23N3O. The van der Waals surface area contributed by atoms with Crippen LogP contribution in [-0.2, 0) is 4.79 Å². The number of hydrogen-bond acceptors (Lipinski definition) is 3. The maximum atomic E-state index is 10.8. The molecular weight excluding hydrogens is 178 g/mol. The van der Waals surface area contributed by atoms with Crippen molar-refractivity contribution >= 4 is 5.91 Å². The lowest BCUT2D eigenvalue weighted by Gasteiger charge is -2.15. The minimum atomic E-state index is -0.0876. The first-order chi connectivity index (χ1) is 6.74. The summed E-state index contributed by atoms with van der Waals surface area (Å²) in [7, 11) is 0. The van der Waals surface area contributed by atoms with Crippen LogP contribution in [0.4, 0.5) is 0 Å². The molecule has 4 heteroatoms. The van der Waals surface area contributed by atoms with Crippen molar-refractivity contribution in [3.05, 3.63) is 0 Å². The van der Waals surface area contributed by atoms with Crippen molar-refractivity contribution in [1.29, 1.82) is 0 Å². The van der Waals surface area contributed by atoms with Gasteiger partial charge >= 0.3 is 0 Å². The first-order valence-electron chi connectivity index (χ1n) is 5.44. The number of rotatable bonds is 8. The Hall–Kier alpha value is -0.610. The molecule has 4 nitrogen and oxygen atoms in total. The monoisotopic (exact) mass is 201 g/mol. The van der Waals surface area contributed by atoms with Crippen LogP contribution in [0.5, 0.6) is 0 Å². The van der Waals surface area contributed by atoms with Gasteiger partial charge in [0.25, 0.3) is 0 Å². The lowest BCUT2D eigenvalue weighted by atomic mass is 10.1. The number of carbonyl (C=O) groups excluding carboxylic acids is 1. The maximum absolute atomic E-state index is 10.8. The summed E-state index contributed by atoms with van der Waals surface area (Å²) < 4.78 is 0. The van der Waals surface area contributed by atoms with E-state index in [-0.39, 0.29) is 12.5 Å². The zero-order valence-electron chi connectivity index (χ0n) is 9.31. The summed E-state index contributed by atoms with van der Waals surface area (Å²) >= 11 is 0. The molecule has 1 unspecified atom stereocenters. The molecule has 4 N–H and O–H groups in total. The number of hydrogen-bond donors (Lipinski definition) is 3. The first-order valence-corrected chi connectivity index (χ1v) is 5.44. The molecule has 0 saturated carbocycles. The normalized spacial score (nSPS) is 12.5. The molecule has 0 aromatic heterocycles. The number of carbonyl (C=O) groups is 1. The van der Waals surface area contributed by atoms with E-state index in [0.717, 1.165) is 13.0 Å². The van der Waals surface area contributed by atoms with Crippen molar-refractivity contribution in [2.45, 2.75) is 39.2 Å². The van der Waals surface area contributed by atoms with E-state index in [2.05, 4.69) is 24.5 Å². The summed E-state index contributed by atoms with van der Waals surface area (Å²) in [5, 5.41) is 6.12. The lowest BCUT2D eigenvalue weighted by Crippen LogP contribution is -2.38. The molecule has 0 bridgehead atoms. The summed E-state index contributed by atoms with van der Waals surface area (Å²) in [4.78, 5) is 10.8. The van der Waals surface area contributed by atoms with Gasteiger partial charge in [-0.1, -0.05) is 20.3 Å². The van der Waals surface area contributed by atoms with Gasteiger partial charge in [-0.3, -0.25) is 4.79 Å². The van der Waals surface area contributed by atoms with Crippen LogP contribution >= 0.6 is 0 Å². The highest BCUT2D eigenvalue weighted by Crippen LogP contribution is 1.99. The second-order valence-electron chi connectivity index (χ2n) is 3.40. The minimum absolute atomic E-state index is 0.0756. The maximum Gasteiger partial charge on any atom is 0.233 e. The molecule has 0 saturated heterocycles. The molecule has 0 aliphatic carbocycles. The smallest absolute Gasteiger partial charge is 0.233 e. The fraction of sp³-hybridized carbons (Fsp3) is 0.900. The van der Waals surface area contributed by atoms with Crippen LogP contribution in [0.1, 0.15) is 33.1 Å². The van der Waals surface area contributed by atoms with Gasteiger partial charge in [-0.2, -0.15) is 0 Å². The Labute approximate surface area is 86.6 Å². The van der Waals surface area contributed by atoms with Crippen LogP contribution in [0.3, 0.4) is 0 Å². The predicted molar refractivity (Wildman–Crippen MR) is 59.1 cm³/mol. The molecule has 0 spiro atoms. The third-order valence-corrected chi connectivity index (χ3v) is 2.20. The van der Waals surface area contributed by atoms with E-state index < -0.39 is 0 Å². The fourth-order valence-corrected chi connectivity index (χ4v) is 1.35. The van der Waals surface area contributed by atoms with Crippen molar-refractivity contribution in [3.63, 3.8) is 0 Å². The van der Waals surface area contributed by atoms with E-state index in [1.807, 2.05) is 0 Å². The first kappa shape index (κ1) is 13.4. The highest BCUT2D eigenvalue weighted by molar-refractivity contribution is 5.77. The third-order valence-electron chi connectivity index (χ3n) is 2.20. The van der Waals surface area contributed by atoms with Gasteiger partial charge in [0.2, 0.25) is 5.91 Å². The number of amides is 1. The highest BCUT2D eigenvalue weighted by atomic mass is 16.1. The fourth-order valence-electron chi connectivity index (χ4n) is 1.35. The molecule has 14 heavy (non-hydrogen) atoms. The average Bonchev–Trinajstić information content (AvgIpc) is 2.22. The van der Waals surface area contributed by atoms with Crippen molar-refractivity contribution in [3.8, 4) is 0 Å². The van der Waals surface area contributed by atoms with Gasteiger partial charge < -0.3 is 16.4 Å². The summed E-state index contributed by atoms with van der Waals surface area (Å²) in [6, 6.07) is 0.578. The molecule has 1 atom stereocenters. The van der Waals surface area contributed by atoms with Gasteiger partial charge in [-0.15, -0.1) is 0 Å². The zero-order valence-corrected chi connectivity index (χ0v) is 9.31. The molecule has 0 rings (SSSR count). The van der Waals surface area contributed by atoms with E-state index in [4.69, 9.17) is 5.73 Å². The molecule has 0 fully saturated rings. The van der Waals surface area contributed by atoms with E-state index in [1.54, 1.807) is 0 Å². The van der Waals surface area contributed by atoms with Crippen LogP contribution in [0.25, 0.3) is 0 Å².